The first kappa shape index (κ1) is 17.1. The number of hydrogen-bond acceptors (Lipinski definition) is 6. The quantitative estimate of drug-likeness (QED) is 0.668. The monoisotopic (exact) mass is 365 g/mol. The first-order chi connectivity index (χ1) is 12.0. The van der Waals surface area contributed by atoms with Crippen molar-refractivity contribution in [2.45, 2.75) is 13.0 Å². The van der Waals surface area contributed by atoms with Crippen molar-refractivity contribution in [2.24, 2.45) is 0 Å². The first-order valence-corrected chi connectivity index (χ1v) is 8.65. The van der Waals surface area contributed by atoms with E-state index >= 15 is 0 Å². The molecule has 3 rings (SSSR count). The molecule has 130 valence electrons. The summed E-state index contributed by atoms with van der Waals surface area (Å²) in [4.78, 5) is 8.30. The average Bonchev–Trinajstić information content (AvgIpc) is 3.11. The molecule has 0 saturated heterocycles. The van der Waals surface area contributed by atoms with Crippen LogP contribution >= 0.6 is 0 Å². The van der Waals surface area contributed by atoms with E-state index in [4.69, 9.17) is 4.42 Å². The Labute approximate surface area is 144 Å². The number of alkyl halides is 2. The third-order valence-corrected chi connectivity index (χ3v) is 4.17. The van der Waals surface area contributed by atoms with Crippen LogP contribution in [-0.2, 0) is 17.5 Å². The lowest BCUT2D eigenvalue weighted by Gasteiger charge is -2.20. The van der Waals surface area contributed by atoms with Gasteiger partial charge in [-0.1, -0.05) is 18.2 Å². The van der Waals surface area contributed by atoms with Crippen LogP contribution in [-0.4, -0.2) is 30.6 Å². The second-order valence-electron chi connectivity index (χ2n) is 4.94. The zero-order valence-electron chi connectivity index (χ0n) is 13.0. The van der Waals surface area contributed by atoms with Gasteiger partial charge < -0.3 is 4.42 Å². The number of hydrogen-bond donors (Lipinski definition) is 0. The molecule has 0 aliphatic rings. The van der Waals surface area contributed by atoms with Gasteiger partial charge in [-0.25, -0.2) is 9.19 Å². The molecule has 3 aromatic rings. The van der Waals surface area contributed by atoms with Crippen LogP contribution in [0.25, 0.3) is 11.6 Å². The van der Waals surface area contributed by atoms with E-state index in [2.05, 4.69) is 20.2 Å². The highest BCUT2D eigenvalue weighted by Crippen LogP contribution is 2.22. The summed E-state index contributed by atoms with van der Waals surface area (Å²) in [6.07, 6.45) is 1.52. The largest absolute Gasteiger partial charge is 0.414 e. The molecule has 2 aromatic heterocycles. The van der Waals surface area contributed by atoms with Crippen LogP contribution < -0.4 is 4.31 Å². The highest BCUT2D eigenvalue weighted by atomic mass is 32.2. The van der Waals surface area contributed by atoms with Gasteiger partial charge in [0.25, 0.3) is 11.8 Å². The molecule has 0 aliphatic heterocycles. The predicted molar refractivity (Wildman–Crippen MR) is 87.0 cm³/mol. The molecule has 0 N–H and O–H groups in total. The Hall–Kier alpha value is -2.75. The van der Waals surface area contributed by atoms with Crippen molar-refractivity contribution in [3.8, 4) is 11.6 Å². The summed E-state index contributed by atoms with van der Waals surface area (Å²) >= 11 is 0. The van der Waals surface area contributed by atoms with Crippen molar-refractivity contribution in [1.82, 2.24) is 20.2 Å². The SMILES string of the molecule is CS(=O)N(Cc1cnc(-c2nnc(C(F)F)o2)cn1)c1ccccc1. The molecule has 0 saturated carbocycles. The van der Waals surface area contributed by atoms with Gasteiger partial charge in [-0.2, -0.15) is 8.78 Å². The number of anilines is 1. The van der Waals surface area contributed by atoms with Crippen molar-refractivity contribution in [3.05, 3.63) is 54.3 Å². The van der Waals surface area contributed by atoms with Crippen LogP contribution in [0, 0.1) is 0 Å². The van der Waals surface area contributed by atoms with E-state index < -0.39 is 23.3 Å². The Morgan fingerprint density at radius 1 is 1.16 bits per heavy atom. The Bertz CT molecular complexity index is 858. The van der Waals surface area contributed by atoms with Gasteiger partial charge in [0.2, 0.25) is 0 Å². The Kier molecular flexibility index (Phi) is 5.08. The summed E-state index contributed by atoms with van der Waals surface area (Å²) < 4.78 is 43.4. The number of para-hydroxylation sites is 1. The van der Waals surface area contributed by atoms with Gasteiger partial charge in [-0.3, -0.25) is 9.29 Å². The highest BCUT2D eigenvalue weighted by Gasteiger charge is 2.18. The fourth-order valence-electron chi connectivity index (χ4n) is 2.05. The predicted octanol–water partition coefficient (Wildman–Crippen LogP) is 2.76. The van der Waals surface area contributed by atoms with Crippen molar-refractivity contribution in [1.29, 1.82) is 0 Å². The van der Waals surface area contributed by atoms with Crippen LogP contribution in [0.4, 0.5) is 14.5 Å². The molecule has 25 heavy (non-hydrogen) atoms. The van der Waals surface area contributed by atoms with Gasteiger partial charge in [-0.15, -0.1) is 10.2 Å². The molecule has 0 bridgehead atoms. The van der Waals surface area contributed by atoms with E-state index in [0.717, 1.165) is 5.69 Å². The molecule has 2 heterocycles. The van der Waals surface area contributed by atoms with Gasteiger partial charge in [-0.05, 0) is 12.1 Å². The summed E-state index contributed by atoms with van der Waals surface area (Å²) in [6, 6.07) is 9.24. The lowest BCUT2D eigenvalue weighted by atomic mass is 10.3. The number of nitrogens with zero attached hydrogens (tertiary/aromatic N) is 5. The summed E-state index contributed by atoms with van der Waals surface area (Å²) in [7, 11) is -1.26. The molecule has 1 aromatic carbocycles. The van der Waals surface area contributed by atoms with Gasteiger partial charge >= 0.3 is 6.43 Å². The molecule has 0 aliphatic carbocycles. The van der Waals surface area contributed by atoms with E-state index in [-0.39, 0.29) is 18.1 Å². The van der Waals surface area contributed by atoms with E-state index in [1.54, 1.807) is 10.6 Å². The number of rotatable bonds is 6. The second-order valence-corrected chi connectivity index (χ2v) is 6.22. The first-order valence-electron chi connectivity index (χ1n) is 7.13. The smallest absolute Gasteiger partial charge is 0.314 e. The maximum absolute atomic E-state index is 12.5. The van der Waals surface area contributed by atoms with Gasteiger partial charge in [0.05, 0.1) is 24.6 Å². The lowest BCUT2D eigenvalue weighted by molar-refractivity contribution is 0.116. The van der Waals surface area contributed by atoms with Crippen LogP contribution in [0.5, 0.6) is 0 Å². The minimum atomic E-state index is -2.84. The number of aromatic nitrogens is 4. The maximum Gasteiger partial charge on any atom is 0.314 e. The Morgan fingerprint density at radius 2 is 1.92 bits per heavy atom. The molecular weight excluding hydrogens is 352 g/mol. The van der Waals surface area contributed by atoms with Crippen molar-refractivity contribution in [3.63, 3.8) is 0 Å². The molecule has 7 nitrogen and oxygen atoms in total. The molecule has 0 amide bonds. The third-order valence-electron chi connectivity index (χ3n) is 3.21. The van der Waals surface area contributed by atoms with Crippen LogP contribution in [0.1, 0.15) is 18.0 Å². The standard InChI is InChI=1S/C15H13F2N5O2S/c1-25(23)22(11-5-3-2-4-6-11)9-10-7-19-12(8-18-10)14-20-21-15(24-14)13(16)17/h2-8,13H,9H2,1H3. The van der Waals surface area contributed by atoms with Crippen LogP contribution in [0.15, 0.2) is 47.1 Å². The molecule has 1 atom stereocenters. The third kappa shape index (κ3) is 4.02. The average molecular weight is 365 g/mol. The number of halogens is 2. The molecule has 1 unspecified atom stereocenters. The summed E-state index contributed by atoms with van der Waals surface area (Å²) in [5.74, 6) is -0.897. The molecule has 0 fully saturated rings. The topological polar surface area (TPSA) is 85.0 Å². The second kappa shape index (κ2) is 7.43. The van der Waals surface area contributed by atoms with E-state index in [1.165, 1.54) is 12.4 Å². The molecule has 10 heteroatoms. The summed E-state index contributed by atoms with van der Waals surface area (Å²) in [6.45, 7) is 0.270. The van der Waals surface area contributed by atoms with E-state index in [9.17, 15) is 13.0 Å². The van der Waals surface area contributed by atoms with Crippen molar-refractivity contribution in [2.75, 3.05) is 10.6 Å². The van der Waals surface area contributed by atoms with Crippen molar-refractivity contribution >= 4 is 16.7 Å². The zero-order valence-corrected chi connectivity index (χ0v) is 13.9. The molecule has 0 spiro atoms. The fraction of sp³-hybridized carbons (Fsp3) is 0.200. The maximum atomic E-state index is 12.5. The number of benzene rings is 1. The van der Waals surface area contributed by atoms with Gasteiger partial charge in [0.15, 0.2) is 0 Å². The van der Waals surface area contributed by atoms with Gasteiger partial charge in [0, 0.05) is 11.9 Å². The van der Waals surface area contributed by atoms with Gasteiger partial charge in [0.1, 0.15) is 16.7 Å². The Morgan fingerprint density at radius 3 is 2.48 bits per heavy atom. The highest BCUT2D eigenvalue weighted by molar-refractivity contribution is 7.85. The Balaban J connectivity index is 1.78. The van der Waals surface area contributed by atoms with E-state index in [0.29, 0.717) is 5.69 Å². The fourth-order valence-corrected chi connectivity index (χ4v) is 2.78. The minimum Gasteiger partial charge on any atom is -0.414 e. The van der Waals surface area contributed by atoms with Crippen LogP contribution in [0.2, 0.25) is 0 Å². The minimum absolute atomic E-state index is 0.131. The lowest BCUT2D eigenvalue weighted by Crippen LogP contribution is -2.24. The van der Waals surface area contributed by atoms with Crippen molar-refractivity contribution < 1.29 is 17.4 Å². The molecular formula is C15H13F2N5O2S. The zero-order chi connectivity index (χ0) is 17.8. The van der Waals surface area contributed by atoms with Crippen LogP contribution in [0.3, 0.4) is 0 Å². The molecule has 0 radical (unpaired) electrons. The summed E-state index contributed by atoms with van der Waals surface area (Å²) in [5.41, 5.74) is 1.52. The summed E-state index contributed by atoms with van der Waals surface area (Å²) in [5, 5.41) is 6.76. The normalized spacial score (nSPS) is 12.3. The van der Waals surface area contributed by atoms with E-state index in [1.807, 2.05) is 30.3 Å².